The standard InChI is InChI=1S/C19H21ClN4O6S/c1-3-29-14(26)10-31-19-21-16-15(17(27)22-18(28)23(16)2)24(19)8-12(25)9-30-13-6-4-11(20)5-7-13/h4-7,12,25H,3,8-10H2,1-2H3,(H,22,27,28)/t12-/m0/s1. The zero-order chi connectivity index (χ0) is 22.5. The first-order valence-corrected chi connectivity index (χ1v) is 10.7. The minimum atomic E-state index is -1.01. The molecule has 0 aliphatic rings. The number of carbonyl (C=O) groups excluding carboxylic acids is 1. The molecule has 0 saturated carbocycles. The van der Waals surface area contributed by atoms with Gasteiger partial charge in [0.25, 0.3) is 5.56 Å². The molecule has 0 spiro atoms. The van der Waals surface area contributed by atoms with Crippen molar-refractivity contribution in [1.82, 2.24) is 19.1 Å². The lowest BCUT2D eigenvalue weighted by Crippen LogP contribution is -2.30. The van der Waals surface area contributed by atoms with Crippen LogP contribution in [-0.2, 0) is 23.1 Å². The van der Waals surface area contributed by atoms with E-state index in [-0.39, 0.29) is 36.7 Å². The van der Waals surface area contributed by atoms with Crippen LogP contribution in [0.3, 0.4) is 0 Å². The monoisotopic (exact) mass is 468 g/mol. The fourth-order valence-electron chi connectivity index (χ4n) is 2.81. The van der Waals surface area contributed by atoms with Crippen molar-refractivity contribution in [1.29, 1.82) is 0 Å². The third-order valence-electron chi connectivity index (χ3n) is 4.25. The molecule has 0 aliphatic carbocycles. The molecule has 1 aromatic carbocycles. The molecule has 0 amide bonds. The van der Waals surface area contributed by atoms with Crippen molar-refractivity contribution in [2.45, 2.75) is 24.7 Å². The maximum absolute atomic E-state index is 12.5. The zero-order valence-electron chi connectivity index (χ0n) is 16.8. The Morgan fingerprint density at radius 1 is 1.32 bits per heavy atom. The molecule has 0 fully saturated rings. The number of aliphatic hydroxyl groups is 1. The number of nitrogens with one attached hydrogen (secondary N) is 1. The number of aryl methyl sites for hydroxylation is 1. The van der Waals surface area contributed by atoms with Crippen molar-refractivity contribution in [3.8, 4) is 5.75 Å². The largest absolute Gasteiger partial charge is 0.491 e. The Bertz CT molecular complexity index is 1190. The number of carbonyl (C=O) groups is 1. The molecule has 2 N–H and O–H groups in total. The number of hydrogen-bond donors (Lipinski definition) is 2. The van der Waals surface area contributed by atoms with E-state index in [2.05, 4.69) is 9.97 Å². The van der Waals surface area contributed by atoms with E-state index in [1.807, 2.05) is 0 Å². The molecular formula is C19H21ClN4O6S. The quantitative estimate of drug-likeness (QED) is 0.354. The second-order valence-corrected chi connectivity index (χ2v) is 7.89. The van der Waals surface area contributed by atoms with Crippen molar-refractivity contribution in [3.63, 3.8) is 0 Å². The first-order chi connectivity index (χ1) is 14.8. The first kappa shape index (κ1) is 22.9. The number of ether oxygens (including phenoxy) is 2. The van der Waals surface area contributed by atoms with Crippen molar-refractivity contribution >= 4 is 40.5 Å². The summed E-state index contributed by atoms with van der Waals surface area (Å²) in [5.41, 5.74) is -1.000. The van der Waals surface area contributed by atoms with Gasteiger partial charge in [0.1, 0.15) is 18.5 Å². The van der Waals surface area contributed by atoms with E-state index in [1.54, 1.807) is 31.2 Å². The number of benzene rings is 1. The highest BCUT2D eigenvalue weighted by Crippen LogP contribution is 2.22. The summed E-state index contributed by atoms with van der Waals surface area (Å²) in [5, 5.41) is 11.4. The van der Waals surface area contributed by atoms with Crippen LogP contribution in [0.5, 0.6) is 5.75 Å². The summed E-state index contributed by atoms with van der Waals surface area (Å²) in [6.07, 6.45) is -1.01. The summed E-state index contributed by atoms with van der Waals surface area (Å²) in [6.45, 7) is 1.83. The van der Waals surface area contributed by atoms with Gasteiger partial charge in [-0.3, -0.25) is 19.1 Å². The average molecular weight is 469 g/mol. The van der Waals surface area contributed by atoms with E-state index in [0.29, 0.717) is 15.9 Å². The lowest BCUT2D eigenvalue weighted by atomic mass is 10.3. The predicted molar refractivity (Wildman–Crippen MR) is 116 cm³/mol. The molecule has 3 aromatic rings. The fourth-order valence-corrected chi connectivity index (χ4v) is 3.74. The number of hydrogen-bond acceptors (Lipinski definition) is 8. The molecule has 2 heterocycles. The van der Waals surface area contributed by atoms with Crippen molar-refractivity contribution in [2.24, 2.45) is 7.05 Å². The Hall–Kier alpha value is -2.76. The number of esters is 1. The Balaban J connectivity index is 1.86. The minimum Gasteiger partial charge on any atom is -0.491 e. The molecule has 2 aromatic heterocycles. The van der Waals surface area contributed by atoms with Crippen LogP contribution in [0.25, 0.3) is 11.2 Å². The summed E-state index contributed by atoms with van der Waals surface area (Å²) in [6, 6.07) is 6.67. The molecule has 1 atom stereocenters. The van der Waals surface area contributed by atoms with Gasteiger partial charge < -0.3 is 19.1 Å². The summed E-state index contributed by atoms with van der Waals surface area (Å²) in [5.74, 6) is 0.0389. The number of aromatic amines is 1. The van der Waals surface area contributed by atoms with Crippen LogP contribution in [-0.4, -0.2) is 55.2 Å². The highest BCUT2D eigenvalue weighted by Gasteiger charge is 2.21. The van der Waals surface area contributed by atoms with E-state index >= 15 is 0 Å². The fraction of sp³-hybridized carbons (Fsp3) is 0.368. The third kappa shape index (κ3) is 5.49. The molecular weight excluding hydrogens is 448 g/mol. The topological polar surface area (TPSA) is 128 Å². The van der Waals surface area contributed by atoms with Gasteiger partial charge in [-0.15, -0.1) is 0 Å². The number of aromatic nitrogens is 4. The number of rotatable bonds is 9. The number of thioether (sulfide) groups is 1. The number of H-pyrrole nitrogens is 1. The SMILES string of the molecule is CCOC(=O)CSc1nc2c(c(=O)[nH]c(=O)n2C)n1C[C@H](O)COc1ccc(Cl)cc1. The molecule has 0 bridgehead atoms. The van der Waals surface area contributed by atoms with Gasteiger partial charge in [-0.05, 0) is 31.2 Å². The first-order valence-electron chi connectivity index (χ1n) is 9.34. The number of imidazole rings is 1. The Morgan fingerprint density at radius 2 is 2.03 bits per heavy atom. The van der Waals surface area contributed by atoms with E-state index in [1.165, 1.54) is 16.2 Å². The summed E-state index contributed by atoms with van der Waals surface area (Å²) >= 11 is 6.89. The van der Waals surface area contributed by atoms with Gasteiger partial charge in [0.2, 0.25) is 0 Å². The third-order valence-corrected chi connectivity index (χ3v) is 5.45. The molecule has 10 nitrogen and oxygen atoms in total. The average Bonchev–Trinajstić information content (AvgIpc) is 3.09. The van der Waals surface area contributed by atoms with E-state index < -0.39 is 23.3 Å². The Morgan fingerprint density at radius 3 is 2.71 bits per heavy atom. The molecule has 0 aliphatic heterocycles. The van der Waals surface area contributed by atoms with Crippen molar-refractivity contribution in [3.05, 3.63) is 50.1 Å². The summed E-state index contributed by atoms with van der Waals surface area (Å²) in [7, 11) is 1.47. The van der Waals surface area contributed by atoms with Gasteiger partial charge in [0.05, 0.1) is 18.9 Å². The number of halogens is 1. The summed E-state index contributed by atoms with van der Waals surface area (Å²) in [4.78, 5) is 42.7. The van der Waals surface area contributed by atoms with Gasteiger partial charge in [-0.25, -0.2) is 9.78 Å². The Labute approximate surface area is 185 Å². The predicted octanol–water partition coefficient (Wildman–Crippen LogP) is 1.17. The van der Waals surface area contributed by atoms with Gasteiger partial charge in [-0.1, -0.05) is 23.4 Å². The highest BCUT2D eigenvalue weighted by molar-refractivity contribution is 7.99. The lowest BCUT2D eigenvalue weighted by molar-refractivity contribution is -0.139. The number of fused-ring (bicyclic) bond motifs is 1. The van der Waals surface area contributed by atoms with E-state index in [0.717, 1.165) is 11.8 Å². The molecule has 31 heavy (non-hydrogen) atoms. The van der Waals surface area contributed by atoms with Gasteiger partial charge in [-0.2, -0.15) is 0 Å². The van der Waals surface area contributed by atoms with Gasteiger partial charge >= 0.3 is 11.7 Å². The van der Waals surface area contributed by atoms with E-state index in [4.69, 9.17) is 21.1 Å². The lowest BCUT2D eigenvalue weighted by Gasteiger charge is -2.15. The van der Waals surface area contributed by atoms with Gasteiger partial charge in [0, 0.05) is 12.1 Å². The van der Waals surface area contributed by atoms with Crippen molar-refractivity contribution < 1.29 is 19.4 Å². The molecule has 0 saturated heterocycles. The number of aliphatic hydroxyl groups excluding tert-OH is 1. The molecule has 166 valence electrons. The molecule has 3 rings (SSSR count). The van der Waals surface area contributed by atoms with Crippen LogP contribution in [0.1, 0.15) is 6.92 Å². The molecule has 0 unspecified atom stereocenters. The van der Waals surface area contributed by atoms with Crippen LogP contribution in [0.2, 0.25) is 5.02 Å². The maximum Gasteiger partial charge on any atom is 0.329 e. The minimum absolute atomic E-state index is 0.0413. The second-order valence-electron chi connectivity index (χ2n) is 6.51. The van der Waals surface area contributed by atoms with Crippen molar-refractivity contribution in [2.75, 3.05) is 19.0 Å². The van der Waals surface area contributed by atoms with Gasteiger partial charge in [0.15, 0.2) is 16.3 Å². The molecule has 0 radical (unpaired) electrons. The van der Waals surface area contributed by atoms with Crippen LogP contribution < -0.4 is 16.0 Å². The second kappa shape index (κ2) is 10.0. The van der Waals surface area contributed by atoms with Crippen LogP contribution in [0.4, 0.5) is 0 Å². The normalized spacial score (nSPS) is 12.1. The van der Waals surface area contributed by atoms with Crippen LogP contribution in [0, 0.1) is 0 Å². The van der Waals surface area contributed by atoms with Crippen LogP contribution in [0.15, 0.2) is 39.0 Å². The zero-order valence-corrected chi connectivity index (χ0v) is 18.4. The smallest absolute Gasteiger partial charge is 0.329 e. The Kier molecular flexibility index (Phi) is 7.42. The van der Waals surface area contributed by atoms with Crippen LogP contribution >= 0.6 is 23.4 Å². The highest BCUT2D eigenvalue weighted by atomic mass is 35.5. The molecule has 12 heteroatoms. The van der Waals surface area contributed by atoms with E-state index in [9.17, 15) is 19.5 Å². The summed E-state index contributed by atoms with van der Waals surface area (Å²) < 4.78 is 13.1. The number of nitrogens with zero attached hydrogens (tertiary/aromatic N) is 3. The maximum atomic E-state index is 12.5.